The molecule has 1 N–H and O–H groups in total. The van der Waals surface area contributed by atoms with Crippen molar-refractivity contribution in [1.29, 1.82) is 0 Å². The molecular formula is C12H22N2O3. The van der Waals surface area contributed by atoms with Crippen LogP contribution in [0.15, 0.2) is 0 Å². The van der Waals surface area contributed by atoms with Crippen molar-refractivity contribution in [3.63, 3.8) is 0 Å². The predicted molar refractivity (Wildman–Crippen MR) is 64.8 cm³/mol. The zero-order valence-electron chi connectivity index (χ0n) is 10.8. The highest BCUT2D eigenvalue weighted by Gasteiger charge is 2.32. The normalized spacial score (nSPS) is 22.9. The van der Waals surface area contributed by atoms with Crippen LogP contribution in [0.1, 0.15) is 33.1 Å². The van der Waals surface area contributed by atoms with Gasteiger partial charge in [-0.25, -0.2) is 0 Å². The van der Waals surface area contributed by atoms with E-state index in [1.54, 1.807) is 11.9 Å². The first-order chi connectivity index (χ1) is 7.93. The number of hydrogen-bond acceptors (Lipinski definition) is 3. The smallest absolute Gasteiger partial charge is 0.303 e. The Morgan fingerprint density at radius 3 is 2.65 bits per heavy atom. The molecule has 5 heteroatoms. The fourth-order valence-electron chi connectivity index (χ4n) is 2.32. The van der Waals surface area contributed by atoms with Gasteiger partial charge in [0.05, 0.1) is 6.04 Å². The van der Waals surface area contributed by atoms with Gasteiger partial charge in [-0.15, -0.1) is 0 Å². The second kappa shape index (κ2) is 6.00. The van der Waals surface area contributed by atoms with Crippen LogP contribution in [0.2, 0.25) is 0 Å². The number of hydrogen-bond donors (Lipinski definition) is 1. The van der Waals surface area contributed by atoms with E-state index >= 15 is 0 Å². The van der Waals surface area contributed by atoms with Gasteiger partial charge in [0.1, 0.15) is 0 Å². The summed E-state index contributed by atoms with van der Waals surface area (Å²) in [5, 5.41) is 8.75. The van der Waals surface area contributed by atoms with Crippen LogP contribution in [0, 0.1) is 0 Å². The van der Waals surface area contributed by atoms with Crippen LogP contribution in [0.3, 0.4) is 0 Å². The van der Waals surface area contributed by atoms with Crippen molar-refractivity contribution in [1.82, 2.24) is 9.80 Å². The molecule has 5 nitrogen and oxygen atoms in total. The Morgan fingerprint density at radius 2 is 2.12 bits per heavy atom. The van der Waals surface area contributed by atoms with Gasteiger partial charge in [0.2, 0.25) is 5.91 Å². The van der Waals surface area contributed by atoms with Crippen LogP contribution in [0.25, 0.3) is 0 Å². The minimum atomic E-state index is -0.839. The molecule has 1 rings (SSSR count). The van der Waals surface area contributed by atoms with E-state index < -0.39 is 5.97 Å². The monoisotopic (exact) mass is 242 g/mol. The summed E-state index contributed by atoms with van der Waals surface area (Å²) in [5.74, 6) is -0.786. The van der Waals surface area contributed by atoms with Crippen LogP contribution >= 0.6 is 0 Å². The first-order valence-corrected chi connectivity index (χ1v) is 6.16. The third-order valence-corrected chi connectivity index (χ3v) is 3.27. The van der Waals surface area contributed by atoms with Gasteiger partial charge in [0.15, 0.2) is 0 Å². The van der Waals surface area contributed by atoms with E-state index in [0.717, 1.165) is 19.5 Å². The summed E-state index contributed by atoms with van der Waals surface area (Å²) < 4.78 is 0. The maximum absolute atomic E-state index is 12.2. The predicted octanol–water partition coefficient (Wildman–Crippen LogP) is 0.792. The van der Waals surface area contributed by atoms with Crippen molar-refractivity contribution in [3.05, 3.63) is 0 Å². The number of nitrogens with zero attached hydrogens (tertiary/aromatic N) is 2. The van der Waals surface area contributed by atoms with E-state index in [9.17, 15) is 9.59 Å². The van der Waals surface area contributed by atoms with E-state index in [4.69, 9.17) is 5.11 Å². The molecule has 0 spiro atoms. The molecule has 1 aliphatic rings. The summed E-state index contributed by atoms with van der Waals surface area (Å²) in [6.45, 7) is 5.71. The lowest BCUT2D eigenvalue weighted by Gasteiger charge is -2.32. The number of amides is 1. The molecule has 1 atom stereocenters. The number of carbonyl (C=O) groups excluding carboxylic acids is 1. The van der Waals surface area contributed by atoms with Crippen LogP contribution in [0.4, 0.5) is 0 Å². The Balaban J connectivity index is 2.79. The highest BCUT2D eigenvalue weighted by Crippen LogP contribution is 2.17. The first-order valence-electron chi connectivity index (χ1n) is 6.16. The van der Waals surface area contributed by atoms with E-state index in [0.29, 0.717) is 6.42 Å². The van der Waals surface area contributed by atoms with Crippen LogP contribution in [-0.4, -0.2) is 59.0 Å². The third kappa shape index (κ3) is 3.70. The van der Waals surface area contributed by atoms with E-state index in [-0.39, 0.29) is 24.4 Å². The Labute approximate surface area is 102 Å². The zero-order valence-corrected chi connectivity index (χ0v) is 10.8. The second-order valence-electron chi connectivity index (χ2n) is 4.89. The van der Waals surface area contributed by atoms with Gasteiger partial charge < -0.3 is 10.0 Å². The summed E-state index contributed by atoms with van der Waals surface area (Å²) in [4.78, 5) is 26.7. The van der Waals surface area contributed by atoms with E-state index in [2.05, 4.69) is 4.90 Å². The van der Waals surface area contributed by atoms with Crippen LogP contribution in [0.5, 0.6) is 0 Å². The molecule has 0 radical (unpaired) electrons. The number of rotatable bonds is 4. The van der Waals surface area contributed by atoms with Crippen LogP contribution < -0.4 is 0 Å². The summed E-state index contributed by atoms with van der Waals surface area (Å²) in [6, 6.07) is -0.0113. The van der Waals surface area contributed by atoms with Crippen LogP contribution in [-0.2, 0) is 9.59 Å². The lowest BCUT2D eigenvalue weighted by molar-refractivity contribution is -0.139. The number of carboxylic acids is 1. The molecule has 0 aromatic rings. The molecule has 0 bridgehead atoms. The molecule has 0 aromatic heterocycles. The summed E-state index contributed by atoms with van der Waals surface area (Å²) in [7, 11) is 1.79. The average molecular weight is 242 g/mol. The Kier molecular flexibility index (Phi) is 4.93. The summed E-state index contributed by atoms with van der Waals surface area (Å²) in [5.41, 5.74) is 0. The van der Waals surface area contributed by atoms with Gasteiger partial charge >= 0.3 is 5.97 Å². The van der Waals surface area contributed by atoms with Crippen molar-refractivity contribution < 1.29 is 14.7 Å². The summed E-state index contributed by atoms with van der Waals surface area (Å²) in [6.07, 6.45) is 1.40. The number of carboxylic acid groups (broad SMARTS) is 1. The zero-order chi connectivity index (χ0) is 13.0. The molecule has 1 unspecified atom stereocenters. The van der Waals surface area contributed by atoms with Gasteiger partial charge in [-0.1, -0.05) is 0 Å². The molecule has 1 aliphatic heterocycles. The third-order valence-electron chi connectivity index (χ3n) is 3.27. The molecule has 17 heavy (non-hydrogen) atoms. The molecular weight excluding hydrogens is 220 g/mol. The maximum atomic E-state index is 12.2. The standard InChI is InChI=1S/C12H22N2O3/c1-9(2)14-8-4-7-13(3)12(17)10(14)5-6-11(15)16/h9-10H,4-8H2,1-3H3,(H,15,16). The second-order valence-corrected chi connectivity index (χ2v) is 4.89. The van der Waals surface area contributed by atoms with Crippen molar-refractivity contribution in [2.24, 2.45) is 0 Å². The van der Waals surface area contributed by atoms with Gasteiger partial charge in [0, 0.05) is 32.6 Å². The van der Waals surface area contributed by atoms with E-state index in [1.165, 1.54) is 0 Å². The largest absolute Gasteiger partial charge is 0.481 e. The van der Waals surface area contributed by atoms with Crippen molar-refractivity contribution in [2.45, 2.75) is 45.2 Å². The quantitative estimate of drug-likeness (QED) is 0.792. The highest BCUT2D eigenvalue weighted by molar-refractivity contribution is 5.82. The van der Waals surface area contributed by atoms with Crippen molar-refractivity contribution >= 4 is 11.9 Å². The lowest BCUT2D eigenvalue weighted by Crippen LogP contribution is -2.47. The molecule has 1 amide bonds. The minimum absolute atomic E-state index is 0.0491. The van der Waals surface area contributed by atoms with Gasteiger partial charge in [0.25, 0.3) is 0 Å². The summed E-state index contributed by atoms with van der Waals surface area (Å²) >= 11 is 0. The highest BCUT2D eigenvalue weighted by atomic mass is 16.4. The first kappa shape index (κ1) is 14.0. The number of carbonyl (C=O) groups is 2. The van der Waals surface area contributed by atoms with Gasteiger partial charge in [-0.3, -0.25) is 14.5 Å². The van der Waals surface area contributed by atoms with Crippen molar-refractivity contribution in [3.8, 4) is 0 Å². The number of aliphatic carboxylic acids is 1. The Morgan fingerprint density at radius 1 is 1.47 bits per heavy atom. The minimum Gasteiger partial charge on any atom is -0.481 e. The molecule has 1 fully saturated rings. The van der Waals surface area contributed by atoms with Gasteiger partial charge in [-0.05, 0) is 26.7 Å². The fourth-order valence-corrected chi connectivity index (χ4v) is 2.32. The molecule has 0 aromatic carbocycles. The topological polar surface area (TPSA) is 60.9 Å². The Hall–Kier alpha value is -1.10. The molecule has 1 saturated heterocycles. The molecule has 1 heterocycles. The number of likely N-dealkylation sites (N-methyl/N-ethyl adjacent to an activating group) is 1. The van der Waals surface area contributed by atoms with Gasteiger partial charge in [-0.2, -0.15) is 0 Å². The fraction of sp³-hybridized carbons (Fsp3) is 0.833. The lowest BCUT2D eigenvalue weighted by atomic mass is 10.1. The molecule has 0 saturated carbocycles. The maximum Gasteiger partial charge on any atom is 0.303 e. The SMILES string of the molecule is CC(C)N1CCCN(C)C(=O)C1CCC(=O)O. The van der Waals surface area contributed by atoms with Crippen molar-refractivity contribution in [2.75, 3.05) is 20.1 Å². The Bertz CT molecular complexity index is 291. The molecule has 98 valence electrons. The molecule has 0 aliphatic carbocycles. The van der Waals surface area contributed by atoms with E-state index in [1.807, 2.05) is 13.8 Å². The average Bonchev–Trinajstić information content (AvgIpc) is 2.37.